The van der Waals surface area contributed by atoms with Crippen molar-refractivity contribution < 1.29 is 13.5 Å². The van der Waals surface area contributed by atoms with Crippen LogP contribution < -0.4 is 4.72 Å². The first kappa shape index (κ1) is 14.0. The number of sulfonamides is 1. The van der Waals surface area contributed by atoms with E-state index in [9.17, 15) is 8.42 Å². The first-order valence-electron chi connectivity index (χ1n) is 5.50. The van der Waals surface area contributed by atoms with Gasteiger partial charge in [0.05, 0.1) is 6.61 Å². The SMILES string of the molecule is O=S(=O)(Nc1ccccc1)c1cc(CO)ccc1Br. The van der Waals surface area contributed by atoms with Crippen molar-refractivity contribution in [2.24, 2.45) is 0 Å². The molecular formula is C13H12BrNO3S. The van der Waals surface area contributed by atoms with E-state index in [0.29, 0.717) is 15.7 Å². The molecule has 100 valence electrons. The summed E-state index contributed by atoms with van der Waals surface area (Å²) in [6, 6.07) is 13.3. The summed E-state index contributed by atoms with van der Waals surface area (Å²) in [4.78, 5) is 0.0999. The van der Waals surface area contributed by atoms with Gasteiger partial charge < -0.3 is 5.11 Å². The van der Waals surface area contributed by atoms with Gasteiger partial charge >= 0.3 is 0 Å². The quantitative estimate of drug-likeness (QED) is 0.898. The molecule has 0 saturated carbocycles. The van der Waals surface area contributed by atoms with Crippen molar-refractivity contribution in [2.45, 2.75) is 11.5 Å². The molecule has 0 aliphatic carbocycles. The predicted molar refractivity (Wildman–Crippen MR) is 77.3 cm³/mol. The lowest BCUT2D eigenvalue weighted by molar-refractivity contribution is 0.281. The van der Waals surface area contributed by atoms with Crippen LogP contribution in [0.2, 0.25) is 0 Å². The van der Waals surface area contributed by atoms with Gasteiger partial charge in [-0.25, -0.2) is 8.42 Å². The lowest BCUT2D eigenvalue weighted by Crippen LogP contribution is -2.13. The molecule has 2 aromatic carbocycles. The van der Waals surface area contributed by atoms with Crippen molar-refractivity contribution in [3.8, 4) is 0 Å². The van der Waals surface area contributed by atoms with Gasteiger partial charge in [0.25, 0.3) is 10.0 Å². The standard InChI is InChI=1S/C13H12BrNO3S/c14-12-7-6-10(9-16)8-13(12)19(17,18)15-11-4-2-1-3-5-11/h1-8,15-16H,9H2. The maximum Gasteiger partial charge on any atom is 0.263 e. The van der Waals surface area contributed by atoms with E-state index in [0.717, 1.165) is 0 Å². The molecule has 0 bridgehead atoms. The molecule has 0 aliphatic heterocycles. The highest BCUT2D eigenvalue weighted by Crippen LogP contribution is 2.25. The second-order valence-corrected chi connectivity index (χ2v) is 6.40. The number of aliphatic hydroxyl groups excluding tert-OH is 1. The molecular weight excluding hydrogens is 330 g/mol. The van der Waals surface area contributed by atoms with Gasteiger partial charge in [0.15, 0.2) is 0 Å². The van der Waals surface area contributed by atoms with E-state index in [-0.39, 0.29) is 11.5 Å². The number of nitrogens with one attached hydrogen (secondary N) is 1. The van der Waals surface area contributed by atoms with Crippen molar-refractivity contribution in [2.75, 3.05) is 4.72 Å². The van der Waals surface area contributed by atoms with Gasteiger partial charge in [0.1, 0.15) is 4.90 Å². The van der Waals surface area contributed by atoms with Crippen LogP contribution in [0.3, 0.4) is 0 Å². The fourth-order valence-electron chi connectivity index (χ4n) is 1.57. The third kappa shape index (κ3) is 3.34. The number of hydrogen-bond donors (Lipinski definition) is 2. The molecule has 0 atom stereocenters. The lowest BCUT2D eigenvalue weighted by atomic mass is 10.2. The number of hydrogen-bond acceptors (Lipinski definition) is 3. The average Bonchev–Trinajstić information content (AvgIpc) is 2.39. The van der Waals surface area contributed by atoms with Gasteiger partial charge in [0.2, 0.25) is 0 Å². The van der Waals surface area contributed by atoms with Crippen molar-refractivity contribution in [1.82, 2.24) is 0 Å². The molecule has 0 saturated heterocycles. The van der Waals surface area contributed by atoms with E-state index >= 15 is 0 Å². The Kier molecular flexibility index (Phi) is 4.24. The minimum atomic E-state index is -3.68. The van der Waals surface area contributed by atoms with Crippen LogP contribution in [-0.4, -0.2) is 13.5 Å². The molecule has 2 rings (SSSR count). The smallest absolute Gasteiger partial charge is 0.263 e. The zero-order valence-corrected chi connectivity index (χ0v) is 12.3. The first-order chi connectivity index (χ1) is 9.03. The minimum absolute atomic E-state index is 0.0999. The zero-order valence-electron chi connectivity index (χ0n) is 9.88. The normalized spacial score (nSPS) is 11.3. The van der Waals surface area contributed by atoms with Crippen LogP contribution in [0, 0.1) is 0 Å². The van der Waals surface area contributed by atoms with E-state index < -0.39 is 10.0 Å². The van der Waals surface area contributed by atoms with Crippen molar-refractivity contribution in [3.63, 3.8) is 0 Å². The van der Waals surface area contributed by atoms with Crippen LogP contribution in [0.15, 0.2) is 57.9 Å². The number of aliphatic hydroxyl groups is 1. The fraction of sp³-hybridized carbons (Fsp3) is 0.0769. The Morgan fingerprint density at radius 1 is 1.11 bits per heavy atom. The van der Waals surface area contributed by atoms with Crippen LogP contribution in [0.4, 0.5) is 5.69 Å². The number of halogens is 1. The third-order valence-corrected chi connectivity index (χ3v) is 4.87. The Hall–Kier alpha value is -1.37. The molecule has 6 heteroatoms. The van der Waals surface area contributed by atoms with Crippen LogP contribution in [0.1, 0.15) is 5.56 Å². The summed E-state index contributed by atoms with van der Waals surface area (Å²) in [5.74, 6) is 0. The number of rotatable bonds is 4. The summed E-state index contributed by atoms with van der Waals surface area (Å²) in [5, 5.41) is 9.08. The Labute approximate surface area is 120 Å². The maximum absolute atomic E-state index is 12.3. The molecule has 4 nitrogen and oxygen atoms in total. The highest BCUT2D eigenvalue weighted by molar-refractivity contribution is 9.10. The summed E-state index contributed by atoms with van der Waals surface area (Å²) in [5.41, 5.74) is 1.03. The van der Waals surface area contributed by atoms with Crippen LogP contribution in [0.5, 0.6) is 0 Å². The van der Waals surface area contributed by atoms with E-state index in [1.807, 2.05) is 0 Å². The largest absolute Gasteiger partial charge is 0.392 e. The third-order valence-electron chi connectivity index (χ3n) is 2.49. The van der Waals surface area contributed by atoms with Gasteiger partial charge in [-0.1, -0.05) is 24.3 Å². The zero-order chi connectivity index (χ0) is 13.9. The van der Waals surface area contributed by atoms with Crippen molar-refractivity contribution >= 4 is 31.6 Å². The molecule has 0 aromatic heterocycles. The molecule has 0 amide bonds. The fourth-order valence-corrected chi connectivity index (χ4v) is 3.64. The van der Waals surface area contributed by atoms with E-state index in [1.165, 1.54) is 6.07 Å². The van der Waals surface area contributed by atoms with Gasteiger partial charge in [-0.05, 0) is 45.8 Å². The Balaban J connectivity index is 2.39. The Bertz CT molecular complexity index is 672. The van der Waals surface area contributed by atoms with Crippen molar-refractivity contribution in [1.29, 1.82) is 0 Å². The summed E-state index contributed by atoms with van der Waals surface area (Å²) < 4.78 is 27.5. The molecule has 2 aromatic rings. The van der Waals surface area contributed by atoms with Crippen molar-refractivity contribution in [3.05, 3.63) is 58.6 Å². The Morgan fingerprint density at radius 3 is 2.42 bits per heavy atom. The summed E-state index contributed by atoms with van der Waals surface area (Å²) in [6.45, 7) is -0.207. The highest BCUT2D eigenvalue weighted by atomic mass is 79.9. The molecule has 0 fully saturated rings. The molecule has 0 unspecified atom stereocenters. The minimum Gasteiger partial charge on any atom is -0.392 e. The second-order valence-electron chi connectivity index (χ2n) is 3.89. The first-order valence-corrected chi connectivity index (χ1v) is 7.78. The maximum atomic E-state index is 12.3. The lowest BCUT2D eigenvalue weighted by Gasteiger charge is -2.10. The van der Waals surface area contributed by atoms with Crippen LogP contribution in [0.25, 0.3) is 0 Å². The van der Waals surface area contributed by atoms with E-state index in [1.54, 1.807) is 42.5 Å². The monoisotopic (exact) mass is 341 g/mol. The molecule has 19 heavy (non-hydrogen) atoms. The summed E-state index contributed by atoms with van der Waals surface area (Å²) in [6.07, 6.45) is 0. The van der Waals surface area contributed by atoms with Gasteiger partial charge in [-0.15, -0.1) is 0 Å². The summed E-state index contributed by atoms with van der Waals surface area (Å²) >= 11 is 3.21. The van der Waals surface area contributed by atoms with Gasteiger partial charge in [-0.2, -0.15) is 0 Å². The molecule has 0 spiro atoms. The molecule has 0 heterocycles. The summed E-state index contributed by atoms with van der Waals surface area (Å²) in [7, 11) is -3.68. The van der Waals surface area contributed by atoms with E-state index in [2.05, 4.69) is 20.7 Å². The number of anilines is 1. The molecule has 0 aliphatic rings. The second kappa shape index (κ2) is 5.73. The molecule has 0 radical (unpaired) electrons. The average molecular weight is 342 g/mol. The number of para-hydroxylation sites is 1. The van der Waals surface area contributed by atoms with E-state index in [4.69, 9.17) is 5.11 Å². The van der Waals surface area contributed by atoms with Gasteiger partial charge in [0, 0.05) is 10.2 Å². The molecule has 2 N–H and O–H groups in total. The van der Waals surface area contributed by atoms with Gasteiger partial charge in [-0.3, -0.25) is 4.72 Å². The topological polar surface area (TPSA) is 66.4 Å². The Morgan fingerprint density at radius 2 is 1.79 bits per heavy atom. The number of benzene rings is 2. The van der Waals surface area contributed by atoms with Crippen LogP contribution in [-0.2, 0) is 16.6 Å². The predicted octanol–water partition coefficient (Wildman–Crippen LogP) is 2.74. The van der Waals surface area contributed by atoms with Crippen LogP contribution >= 0.6 is 15.9 Å². The highest BCUT2D eigenvalue weighted by Gasteiger charge is 2.18.